The van der Waals surface area contributed by atoms with Crippen molar-refractivity contribution in [3.05, 3.63) is 69.3 Å². The quantitative estimate of drug-likeness (QED) is 0.523. The van der Waals surface area contributed by atoms with E-state index in [9.17, 15) is 9.59 Å². The zero-order chi connectivity index (χ0) is 22.8. The molecule has 1 aliphatic rings. The summed E-state index contributed by atoms with van der Waals surface area (Å²) in [5, 5.41) is 4.10. The van der Waals surface area contributed by atoms with Crippen LogP contribution in [0.2, 0.25) is 10.0 Å². The van der Waals surface area contributed by atoms with Crippen molar-refractivity contribution in [1.29, 1.82) is 0 Å². The van der Waals surface area contributed by atoms with Crippen molar-refractivity contribution >= 4 is 51.7 Å². The van der Waals surface area contributed by atoms with Gasteiger partial charge in [0.15, 0.2) is 6.61 Å². The fourth-order valence-electron chi connectivity index (χ4n) is 3.86. The number of hydrogen-bond donors (Lipinski definition) is 1. The van der Waals surface area contributed by atoms with Gasteiger partial charge in [0.2, 0.25) is 0 Å². The molecule has 0 atom stereocenters. The van der Waals surface area contributed by atoms with Gasteiger partial charge in [-0.2, -0.15) is 0 Å². The van der Waals surface area contributed by atoms with E-state index in [4.69, 9.17) is 32.9 Å². The van der Waals surface area contributed by atoms with E-state index in [0.29, 0.717) is 33.9 Å². The number of nitrogens with zero attached hydrogens (tertiary/aromatic N) is 2. The summed E-state index contributed by atoms with van der Waals surface area (Å²) in [4.78, 5) is 32.6. The zero-order valence-electron chi connectivity index (χ0n) is 17.8. The number of fused-ring (bicyclic) bond motifs is 2. The predicted octanol–water partition coefficient (Wildman–Crippen LogP) is 5.10. The number of carbonyl (C=O) groups is 2. The van der Waals surface area contributed by atoms with Gasteiger partial charge < -0.3 is 10.1 Å². The van der Waals surface area contributed by atoms with Crippen molar-refractivity contribution in [2.24, 2.45) is 0 Å². The maximum Gasteiger partial charge on any atom is 0.339 e. The minimum atomic E-state index is -0.533. The first-order valence-electron chi connectivity index (χ1n) is 10.4. The highest BCUT2D eigenvalue weighted by atomic mass is 35.5. The number of amides is 1. The average Bonchev–Trinajstić information content (AvgIpc) is 2.77. The Morgan fingerprint density at radius 2 is 1.94 bits per heavy atom. The van der Waals surface area contributed by atoms with Crippen LogP contribution in [0.4, 0.5) is 5.69 Å². The summed E-state index contributed by atoms with van der Waals surface area (Å²) in [6, 6.07) is 12.6. The number of hydrogen-bond acceptors (Lipinski definition) is 5. The second-order valence-electron chi connectivity index (χ2n) is 8.00. The second-order valence-corrected chi connectivity index (χ2v) is 8.81. The van der Waals surface area contributed by atoms with Crippen LogP contribution in [-0.4, -0.2) is 41.0 Å². The molecule has 166 valence electrons. The van der Waals surface area contributed by atoms with E-state index in [1.807, 2.05) is 24.3 Å². The normalized spacial score (nSPS) is 13.8. The van der Waals surface area contributed by atoms with Crippen molar-refractivity contribution in [2.75, 3.05) is 18.5 Å². The smallest absolute Gasteiger partial charge is 0.339 e. The van der Waals surface area contributed by atoms with E-state index < -0.39 is 18.5 Å². The van der Waals surface area contributed by atoms with Gasteiger partial charge in [-0.25, -0.2) is 4.79 Å². The fraction of sp³-hybridized carbons (Fsp3) is 0.292. The number of benzene rings is 2. The van der Waals surface area contributed by atoms with E-state index in [1.54, 1.807) is 12.1 Å². The Hall–Kier alpha value is -2.67. The first-order valence-corrected chi connectivity index (χ1v) is 11.2. The maximum atomic E-state index is 13.2. The van der Waals surface area contributed by atoms with Crippen LogP contribution in [0.25, 0.3) is 10.9 Å². The summed E-state index contributed by atoms with van der Waals surface area (Å²) in [6.45, 7) is 5.34. The van der Waals surface area contributed by atoms with Gasteiger partial charge in [0.25, 0.3) is 5.91 Å². The Morgan fingerprint density at radius 1 is 1.16 bits per heavy atom. The van der Waals surface area contributed by atoms with Gasteiger partial charge in [-0.1, -0.05) is 41.4 Å². The molecule has 1 aliphatic heterocycles. The van der Waals surface area contributed by atoms with Crippen molar-refractivity contribution in [2.45, 2.75) is 32.9 Å². The van der Waals surface area contributed by atoms with E-state index in [-0.39, 0.29) is 0 Å². The molecule has 0 fully saturated rings. The number of rotatable bonds is 5. The lowest BCUT2D eigenvalue weighted by molar-refractivity contribution is -0.119. The highest BCUT2D eigenvalue weighted by molar-refractivity contribution is 6.42. The minimum Gasteiger partial charge on any atom is -0.452 e. The number of anilines is 1. The van der Waals surface area contributed by atoms with Crippen molar-refractivity contribution in [3.63, 3.8) is 0 Å². The molecular weight excluding hydrogens is 449 g/mol. The molecule has 6 nitrogen and oxygen atoms in total. The number of esters is 1. The highest BCUT2D eigenvalue weighted by Crippen LogP contribution is 2.29. The molecule has 1 aromatic heterocycles. The third-order valence-corrected chi connectivity index (χ3v) is 6.29. The van der Waals surface area contributed by atoms with Crippen molar-refractivity contribution in [1.82, 2.24) is 9.88 Å². The molecule has 0 saturated carbocycles. The van der Waals surface area contributed by atoms with Gasteiger partial charge in [0, 0.05) is 47.9 Å². The predicted molar refractivity (Wildman–Crippen MR) is 126 cm³/mol. The van der Waals surface area contributed by atoms with E-state index >= 15 is 0 Å². The van der Waals surface area contributed by atoms with Crippen LogP contribution >= 0.6 is 23.2 Å². The third-order valence-electron chi connectivity index (χ3n) is 5.55. The largest absolute Gasteiger partial charge is 0.452 e. The lowest BCUT2D eigenvalue weighted by Gasteiger charge is -2.32. The summed E-state index contributed by atoms with van der Waals surface area (Å²) in [5.41, 5.74) is 3.49. The van der Waals surface area contributed by atoms with Gasteiger partial charge in [-0.05, 0) is 38.1 Å². The Bertz CT molecular complexity index is 1200. The monoisotopic (exact) mass is 471 g/mol. The average molecular weight is 472 g/mol. The van der Waals surface area contributed by atoms with Gasteiger partial charge >= 0.3 is 5.97 Å². The second kappa shape index (κ2) is 9.45. The molecule has 3 aromatic rings. The van der Waals surface area contributed by atoms with Crippen LogP contribution in [0.3, 0.4) is 0 Å². The van der Waals surface area contributed by atoms with Gasteiger partial charge in [-0.3, -0.25) is 14.7 Å². The standard InChI is InChI=1S/C24H23Cl2N3O3/c1-14(2)29-10-9-21-17(12-29)23(16-5-3-4-6-20(16)28-21)24(31)32-13-22(30)27-15-7-8-18(25)19(26)11-15/h3-8,11,14H,9-10,12-13H2,1-2H3,(H,27,30). The van der Waals surface area contributed by atoms with Gasteiger partial charge in [-0.15, -0.1) is 0 Å². The molecular formula is C24H23Cl2N3O3. The first-order chi connectivity index (χ1) is 15.3. The Labute approximate surface area is 196 Å². The number of halogens is 2. The molecule has 0 radical (unpaired) electrons. The molecule has 32 heavy (non-hydrogen) atoms. The number of aromatic nitrogens is 1. The lowest BCUT2D eigenvalue weighted by atomic mass is 9.95. The number of carbonyl (C=O) groups excluding carboxylic acids is 2. The van der Waals surface area contributed by atoms with Crippen LogP contribution in [-0.2, 0) is 22.5 Å². The summed E-state index contributed by atoms with van der Waals surface area (Å²) in [7, 11) is 0. The third kappa shape index (κ3) is 4.72. The molecule has 0 unspecified atom stereocenters. The molecule has 0 bridgehead atoms. The number of ether oxygens (including phenoxy) is 1. The van der Waals surface area contributed by atoms with Crippen LogP contribution in [0, 0.1) is 0 Å². The molecule has 0 saturated heterocycles. The Balaban J connectivity index is 1.57. The molecule has 0 aliphatic carbocycles. The Kier molecular flexibility index (Phi) is 6.65. The molecule has 1 amide bonds. The molecule has 8 heteroatoms. The molecule has 4 rings (SSSR count). The Morgan fingerprint density at radius 3 is 2.69 bits per heavy atom. The number of pyridine rings is 1. The van der Waals surface area contributed by atoms with Crippen LogP contribution in [0.5, 0.6) is 0 Å². The van der Waals surface area contributed by atoms with Crippen LogP contribution in [0.1, 0.15) is 35.5 Å². The summed E-state index contributed by atoms with van der Waals surface area (Å²) < 4.78 is 5.43. The maximum absolute atomic E-state index is 13.2. The van der Waals surface area contributed by atoms with Crippen molar-refractivity contribution < 1.29 is 14.3 Å². The van der Waals surface area contributed by atoms with E-state index in [1.165, 1.54) is 6.07 Å². The highest BCUT2D eigenvalue weighted by Gasteiger charge is 2.27. The summed E-state index contributed by atoms with van der Waals surface area (Å²) in [5.74, 6) is -0.998. The fourth-order valence-corrected chi connectivity index (χ4v) is 4.16. The zero-order valence-corrected chi connectivity index (χ0v) is 19.3. The molecule has 2 heterocycles. The molecule has 0 spiro atoms. The summed E-state index contributed by atoms with van der Waals surface area (Å²) >= 11 is 11.9. The number of nitrogens with one attached hydrogen (secondary N) is 1. The van der Waals surface area contributed by atoms with Gasteiger partial charge in [0.05, 0.1) is 21.1 Å². The summed E-state index contributed by atoms with van der Waals surface area (Å²) in [6.07, 6.45) is 0.760. The topological polar surface area (TPSA) is 71.5 Å². The van der Waals surface area contributed by atoms with Crippen LogP contribution < -0.4 is 5.32 Å². The minimum absolute atomic E-state index is 0.325. The van der Waals surface area contributed by atoms with E-state index in [0.717, 1.165) is 35.1 Å². The number of para-hydroxylation sites is 1. The molecule has 2 aromatic carbocycles. The van der Waals surface area contributed by atoms with Crippen LogP contribution in [0.15, 0.2) is 42.5 Å². The molecule has 1 N–H and O–H groups in total. The lowest BCUT2D eigenvalue weighted by Crippen LogP contribution is -2.37. The van der Waals surface area contributed by atoms with E-state index in [2.05, 4.69) is 24.1 Å². The van der Waals surface area contributed by atoms with Gasteiger partial charge in [0.1, 0.15) is 0 Å². The first kappa shape index (κ1) is 22.5. The SMILES string of the molecule is CC(C)N1CCc2nc3ccccc3c(C(=O)OCC(=O)Nc3ccc(Cl)c(Cl)c3)c2C1. The van der Waals surface area contributed by atoms with Crippen molar-refractivity contribution in [3.8, 4) is 0 Å².